The molecule has 5 heteroatoms. The van der Waals surface area contributed by atoms with Crippen LogP contribution < -0.4 is 0 Å². The molecule has 1 aromatic rings. The number of nitrogens with zero attached hydrogens (tertiary/aromatic N) is 4. The van der Waals surface area contributed by atoms with E-state index >= 15 is 0 Å². The highest BCUT2D eigenvalue weighted by Crippen LogP contribution is 2.26. The number of piperidine rings is 2. The lowest BCUT2D eigenvalue weighted by atomic mass is 9.91. The third-order valence-electron chi connectivity index (χ3n) is 5.55. The second-order valence-electron chi connectivity index (χ2n) is 7.42. The number of aryl methyl sites for hydroxylation is 1. The van der Waals surface area contributed by atoms with Crippen LogP contribution in [0.5, 0.6) is 0 Å². The van der Waals surface area contributed by atoms with Crippen molar-refractivity contribution in [2.24, 2.45) is 13.0 Å². The quantitative estimate of drug-likeness (QED) is 0.853. The van der Waals surface area contributed by atoms with Gasteiger partial charge in [-0.25, -0.2) is 4.98 Å². The normalized spacial score (nSPS) is 24.6. The smallest absolute Gasteiger partial charge is 0.240 e. The Balaban J connectivity index is 1.54. The number of carbonyl (C=O) groups is 1. The fourth-order valence-corrected chi connectivity index (χ4v) is 4.05. The number of hydrogen-bond acceptors (Lipinski definition) is 3. The molecule has 0 spiro atoms. The van der Waals surface area contributed by atoms with Crippen molar-refractivity contribution < 1.29 is 4.79 Å². The van der Waals surface area contributed by atoms with Gasteiger partial charge >= 0.3 is 0 Å². The van der Waals surface area contributed by atoms with E-state index in [4.69, 9.17) is 0 Å². The molecule has 128 valence electrons. The molecule has 0 N–H and O–H groups in total. The highest BCUT2D eigenvalue weighted by molar-refractivity contribution is 5.82. The van der Waals surface area contributed by atoms with Gasteiger partial charge in [0, 0.05) is 38.4 Å². The number of likely N-dealkylation sites (tertiary alicyclic amines) is 2. The Labute approximate surface area is 139 Å². The van der Waals surface area contributed by atoms with Gasteiger partial charge in [-0.3, -0.25) is 9.69 Å². The van der Waals surface area contributed by atoms with E-state index in [9.17, 15) is 4.79 Å². The number of hydrogen-bond donors (Lipinski definition) is 0. The summed E-state index contributed by atoms with van der Waals surface area (Å²) in [4.78, 5) is 21.7. The maximum Gasteiger partial charge on any atom is 0.240 e. The molecule has 23 heavy (non-hydrogen) atoms. The molecule has 2 fully saturated rings. The van der Waals surface area contributed by atoms with E-state index in [0.29, 0.717) is 17.9 Å². The first-order valence-corrected chi connectivity index (χ1v) is 9.07. The second-order valence-corrected chi connectivity index (χ2v) is 7.42. The van der Waals surface area contributed by atoms with Crippen LogP contribution in [0.25, 0.3) is 0 Å². The summed E-state index contributed by atoms with van der Waals surface area (Å²) in [5, 5.41) is 0. The minimum atomic E-state index is 0.125. The molecule has 0 bridgehead atoms. The maximum absolute atomic E-state index is 12.7. The Kier molecular flexibility index (Phi) is 5.05. The molecule has 3 rings (SSSR count). The molecule has 5 nitrogen and oxygen atoms in total. The first-order chi connectivity index (χ1) is 11.1. The first-order valence-electron chi connectivity index (χ1n) is 9.07. The Morgan fingerprint density at radius 3 is 2.57 bits per heavy atom. The van der Waals surface area contributed by atoms with Gasteiger partial charge in [0.2, 0.25) is 5.91 Å². The second kappa shape index (κ2) is 7.04. The van der Waals surface area contributed by atoms with Crippen molar-refractivity contribution in [2.75, 3.05) is 19.6 Å². The van der Waals surface area contributed by atoms with E-state index in [1.54, 1.807) is 0 Å². The van der Waals surface area contributed by atoms with Crippen LogP contribution in [-0.2, 0) is 18.3 Å². The largest absolute Gasteiger partial charge is 0.339 e. The van der Waals surface area contributed by atoms with Crippen LogP contribution in [0.2, 0.25) is 0 Å². The lowest BCUT2D eigenvalue weighted by molar-refractivity contribution is -0.142. The minimum Gasteiger partial charge on any atom is -0.339 e. The summed E-state index contributed by atoms with van der Waals surface area (Å²) in [5.74, 6) is 2.24. The zero-order valence-corrected chi connectivity index (χ0v) is 14.7. The van der Waals surface area contributed by atoms with Crippen LogP contribution in [-0.4, -0.2) is 57.0 Å². The van der Waals surface area contributed by atoms with Crippen molar-refractivity contribution in [2.45, 2.75) is 58.0 Å². The minimum absolute atomic E-state index is 0.125. The van der Waals surface area contributed by atoms with Crippen molar-refractivity contribution in [3.63, 3.8) is 0 Å². The monoisotopic (exact) mass is 318 g/mol. The molecule has 0 aliphatic carbocycles. The number of rotatable bonds is 4. The molecular formula is C18H30N4O. The van der Waals surface area contributed by atoms with Gasteiger partial charge in [-0.1, -0.05) is 0 Å². The predicted molar refractivity (Wildman–Crippen MR) is 91.1 cm³/mol. The molecule has 2 saturated heterocycles. The molecule has 1 aromatic heterocycles. The average molecular weight is 318 g/mol. The lowest BCUT2D eigenvalue weighted by Crippen LogP contribution is -2.55. The molecule has 0 saturated carbocycles. The van der Waals surface area contributed by atoms with E-state index in [-0.39, 0.29) is 6.04 Å². The Bertz CT molecular complexity index is 531. The highest BCUT2D eigenvalue weighted by atomic mass is 16.2. The van der Waals surface area contributed by atoms with E-state index in [1.807, 2.05) is 12.4 Å². The molecule has 0 radical (unpaired) electrons. The maximum atomic E-state index is 12.7. The van der Waals surface area contributed by atoms with Crippen molar-refractivity contribution in [3.8, 4) is 0 Å². The number of amides is 1. The highest BCUT2D eigenvalue weighted by Gasteiger charge is 2.35. The Hall–Kier alpha value is -1.36. The van der Waals surface area contributed by atoms with Gasteiger partial charge in [-0.05, 0) is 58.5 Å². The fraction of sp³-hybridized carbons (Fsp3) is 0.778. The zero-order valence-electron chi connectivity index (χ0n) is 14.7. The van der Waals surface area contributed by atoms with E-state index in [0.717, 1.165) is 38.9 Å². The van der Waals surface area contributed by atoms with Crippen molar-refractivity contribution >= 4 is 5.91 Å². The Morgan fingerprint density at radius 1 is 1.22 bits per heavy atom. The van der Waals surface area contributed by atoms with E-state index < -0.39 is 0 Å². The van der Waals surface area contributed by atoms with Crippen molar-refractivity contribution in [1.29, 1.82) is 0 Å². The molecule has 0 aromatic carbocycles. The van der Waals surface area contributed by atoms with Crippen LogP contribution in [0.4, 0.5) is 0 Å². The Morgan fingerprint density at radius 2 is 1.96 bits per heavy atom. The summed E-state index contributed by atoms with van der Waals surface area (Å²) in [6.45, 7) is 7.29. The third-order valence-corrected chi connectivity index (χ3v) is 5.55. The van der Waals surface area contributed by atoms with Crippen LogP contribution in [0.3, 0.4) is 0 Å². The third kappa shape index (κ3) is 3.60. The van der Waals surface area contributed by atoms with Gasteiger partial charge in [0.15, 0.2) is 0 Å². The van der Waals surface area contributed by atoms with Gasteiger partial charge in [-0.2, -0.15) is 0 Å². The predicted octanol–water partition coefficient (Wildman–Crippen LogP) is 2.07. The summed E-state index contributed by atoms with van der Waals surface area (Å²) < 4.78 is 2.12. The van der Waals surface area contributed by atoms with Gasteiger partial charge in [0.25, 0.3) is 0 Å². The SMILES string of the molecule is CC(C)N1CCCC(N2CCC(Cc3nccn3C)CC2)C1=O. The zero-order chi connectivity index (χ0) is 16.4. The summed E-state index contributed by atoms with van der Waals surface area (Å²) in [5.41, 5.74) is 0. The van der Waals surface area contributed by atoms with E-state index in [1.165, 1.54) is 18.7 Å². The summed E-state index contributed by atoms with van der Waals surface area (Å²) in [6, 6.07) is 0.450. The van der Waals surface area contributed by atoms with Crippen LogP contribution in [0.1, 0.15) is 45.4 Å². The molecule has 2 aliphatic rings. The van der Waals surface area contributed by atoms with Gasteiger partial charge in [0.1, 0.15) is 5.82 Å². The molecule has 1 unspecified atom stereocenters. The van der Waals surface area contributed by atoms with Crippen LogP contribution in [0, 0.1) is 5.92 Å². The van der Waals surface area contributed by atoms with Crippen molar-refractivity contribution in [1.82, 2.24) is 19.4 Å². The van der Waals surface area contributed by atoms with Gasteiger partial charge in [0.05, 0.1) is 6.04 Å². The summed E-state index contributed by atoms with van der Waals surface area (Å²) >= 11 is 0. The topological polar surface area (TPSA) is 41.4 Å². The molecule has 1 atom stereocenters. The number of carbonyl (C=O) groups excluding carboxylic acids is 1. The molecule has 2 aliphatic heterocycles. The van der Waals surface area contributed by atoms with Crippen LogP contribution >= 0.6 is 0 Å². The fourth-order valence-electron chi connectivity index (χ4n) is 4.05. The standard InChI is InChI=1S/C18H30N4O/c1-14(2)22-9-4-5-16(18(22)23)21-10-6-15(7-11-21)13-17-19-8-12-20(17)3/h8,12,14-16H,4-7,9-11,13H2,1-3H3. The van der Waals surface area contributed by atoms with Gasteiger partial charge in [-0.15, -0.1) is 0 Å². The number of imidazole rings is 1. The summed E-state index contributed by atoms with van der Waals surface area (Å²) in [7, 11) is 2.07. The summed E-state index contributed by atoms with van der Waals surface area (Å²) in [6.07, 6.45) is 9.50. The molecule has 3 heterocycles. The molecule has 1 amide bonds. The van der Waals surface area contributed by atoms with E-state index in [2.05, 4.69) is 40.2 Å². The first kappa shape index (κ1) is 16.5. The lowest BCUT2D eigenvalue weighted by Gasteiger charge is -2.42. The number of aromatic nitrogens is 2. The van der Waals surface area contributed by atoms with Crippen molar-refractivity contribution in [3.05, 3.63) is 18.2 Å². The average Bonchev–Trinajstić information content (AvgIpc) is 2.93. The molecular weight excluding hydrogens is 288 g/mol. The van der Waals surface area contributed by atoms with Crippen LogP contribution in [0.15, 0.2) is 12.4 Å². The van der Waals surface area contributed by atoms with Gasteiger partial charge < -0.3 is 9.47 Å².